The predicted octanol–water partition coefficient (Wildman–Crippen LogP) is 14.2. The summed E-state index contributed by atoms with van der Waals surface area (Å²) < 4.78 is 0. The van der Waals surface area contributed by atoms with Gasteiger partial charge in [-0.15, -0.1) is 0 Å². The highest BCUT2D eigenvalue weighted by Crippen LogP contribution is 2.76. The van der Waals surface area contributed by atoms with Crippen molar-refractivity contribution in [1.82, 2.24) is 0 Å². The van der Waals surface area contributed by atoms with Gasteiger partial charge in [0, 0.05) is 10.8 Å². The van der Waals surface area contributed by atoms with E-state index in [9.17, 15) is 0 Å². The summed E-state index contributed by atoms with van der Waals surface area (Å²) in [6, 6.07) is 7.12. The van der Waals surface area contributed by atoms with E-state index in [0.717, 1.165) is 37.5 Å². The Morgan fingerprint density at radius 1 is 0.851 bits per heavy atom. The van der Waals surface area contributed by atoms with Gasteiger partial charge in [0.05, 0.1) is 0 Å². The second-order valence-corrected chi connectivity index (χ2v) is 17.6. The first-order chi connectivity index (χ1) is 22.3. The van der Waals surface area contributed by atoms with Gasteiger partial charge in [-0.25, -0.2) is 0 Å². The quantitative estimate of drug-likeness (QED) is 0.226. The van der Waals surface area contributed by atoms with Crippen LogP contribution in [-0.4, -0.2) is 0 Å². The maximum absolute atomic E-state index is 5.08. The van der Waals surface area contributed by atoms with Gasteiger partial charge in [-0.05, 0) is 139 Å². The van der Waals surface area contributed by atoms with Crippen LogP contribution < -0.4 is 0 Å². The number of hydrogen-bond acceptors (Lipinski definition) is 0. The number of hydrogen-bond donors (Lipinski definition) is 0. The van der Waals surface area contributed by atoms with E-state index < -0.39 is 0 Å². The Labute approximate surface area is 289 Å². The fourth-order valence-corrected chi connectivity index (χ4v) is 12.4. The Balaban J connectivity index is 1.53. The summed E-state index contributed by atoms with van der Waals surface area (Å²) in [5, 5.41) is 0. The van der Waals surface area contributed by atoms with E-state index in [4.69, 9.17) is 26.3 Å². The third-order valence-electron chi connectivity index (χ3n) is 15.3. The molecule has 47 heavy (non-hydrogen) atoms. The van der Waals surface area contributed by atoms with Gasteiger partial charge in [-0.2, -0.15) is 0 Å². The van der Waals surface area contributed by atoms with Crippen molar-refractivity contribution in [2.75, 3.05) is 0 Å². The molecule has 0 nitrogen and oxygen atoms in total. The lowest BCUT2D eigenvalue weighted by Crippen LogP contribution is -2.59. The van der Waals surface area contributed by atoms with Crippen molar-refractivity contribution >= 4 is 5.57 Å². The number of benzene rings is 1. The van der Waals surface area contributed by atoms with Crippen LogP contribution in [-0.2, 0) is 0 Å². The lowest BCUT2D eigenvalue weighted by molar-refractivity contribution is -0.0412. The molecule has 2 fully saturated rings. The first-order valence-electron chi connectivity index (χ1n) is 19.6. The highest BCUT2D eigenvalue weighted by atomic mass is 14.7. The lowest BCUT2D eigenvalue weighted by atomic mass is 9.35. The summed E-state index contributed by atoms with van der Waals surface area (Å²) in [5.74, 6) is 2.68. The summed E-state index contributed by atoms with van der Waals surface area (Å²) >= 11 is 0. The molecule has 2 saturated carbocycles. The molecule has 0 N–H and O–H groups in total. The maximum Gasteiger partial charge on any atom is 0.0197 e. The standard InChI is InChI=1S/C47H66/c1-12-30(2)28-41-45(9)29-33(5)42(32(4)24-25-37-19-13-14-20-37)35(7)47(45,11)36(8)44-34(6)43-31(3)18-17-23-39(43)40(46(41,44)10)27-26-38-21-15-16-22-38/h17-18,23,37-38,40-41H,2,4,6-7,12-16,19-22,24-29H2,1,3,5,8-11H3/t40-,41+,45+,46-,47-/m1/s1. The van der Waals surface area contributed by atoms with Gasteiger partial charge in [-0.1, -0.05) is 140 Å². The molecule has 0 aromatic heterocycles. The van der Waals surface area contributed by atoms with Crippen LogP contribution in [0.2, 0.25) is 0 Å². The summed E-state index contributed by atoms with van der Waals surface area (Å²) in [5.41, 5.74) is 15.6. The molecule has 0 heterocycles. The van der Waals surface area contributed by atoms with E-state index in [2.05, 4.69) is 66.7 Å². The van der Waals surface area contributed by atoms with Crippen LogP contribution >= 0.6 is 0 Å². The molecular weight excluding hydrogens is 565 g/mol. The van der Waals surface area contributed by atoms with Crippen molar-refractivity contribution in [2.24, 2.45) is 34.0 Å². The van der Waals surface area contributed by atoms with E-state index in [0.29, 0.717) is 11.8 Å². The molecule has 5 aliphatic carbocycles. The molecule has 1 aromatic rings. The highest BCUT2D eigenvalue weighted by molar-refractivity contribution is 5.87. The fraction of sp³-hybridized carbons (Fsp3) is 0.617. The molecule has 0 amide bonds. The van der Waals surface area contributed by atoms with Crippen LogP contribution in [0.15, 0.2) is 83.5 Å². The molecule has 6 rings (SSSR count). The number of rotatable bonds is 10. The van der Waals surface area contributed by atoms with Gasteiger partial charge in [0.2, 0.25) is 0 Å². The second-order valence-electron chi connectivity index (χ2n) is 17.6. The normalized spacial score (nSPS) is 32.9. The second kappa shape index (κ2) is 12.8. The summed E-state index contributed by atoms with van der Waals surface area (Å²) in [6.45, 7) is 37.1. The average molecular weight is 631 g/mol. The zero-order valence-electron chi connectivity index (χ0n) is 31.5. The molecule has 0 spiro atoms. The number of allylic oxidation sites excluding steroid dienone is 8. The van der Waals surface area contributed by atoms with Gasteiger partial charge in [0.15, 0.2) is 0 Å². The van der Waals surface area contributed by atoms with Crippen LogP contribution in [0.25, 0.3) is 5.57 Å². The number of aryl methyl sites for hydroxylation is 1. The third kappa shape index (κ3) is 5.29. The molecule has 0 radical (unpaired) electrons. The summed E-state index contributed by atoms with van der Waals surface area (Å²) in [4.78, 5) is 0. The molecule has 0 aliphatic heterocycles. The van der Waals surface area contributed by atoms with Crippen molar-refractivity contribution < 1.29 is 0 Å². The monoisotopic (exact) mass is 631 g/mol. The Morgan fingerprint density at radius 2 is 1.47 bits per heavy atom. The van der Waals surface area contributed by atoms with Crippen molar-refractivity contribution in [3.05, 3.63) is 100 Å². The number of fused-ring (bicyclic) bond motifs is 3. The summed E-state index contributed by atoms with van der Waals surface area (Å²) in [7, 11) is 0. The fourth-order valence-electron chi connectivity index (χ4n) is 12.4. The zero-order chi connectivity index (χ0) is 33.9. The van der Waals surface area contributed by atoms with Crippen LogP contribution in [0, 0.1) is 40.9 Å². The Morgan fingerprint density at radius 3 is 2.09 bits per heavy atom. The molecule has 5 atom stereocenters. The first-order valence-corrected chi connectivity index (χ1v) is 19.6. The van der Waals surface area contributed by atoms with Crippen LogP contribution in [0.5, 0.6) is 0 Å². The van der Waals surface area contributed by atoms with Crippen LogP contribution in [0.1, 0.15) is 160 Å². The van der Waals surface area contributed by atoms with Crippen molar-refractivity contribution in [3.8, 4) is 0 Å². The Kier molecular flexibility index (Phi) is 9.43. The minimum absolute atomic E-state index is 0.0110. The smallest absolute Gasteiger partial charge is 0.0197 e. The lowest BCUT2D eigenvalue weighted by Gasteiger charge is -2.68. The first kappa shape index (κ1) is 34.5. The Bertz CT molecular complexity index is 1530. The van der Waals surface area contributed by atoms with E-state index in [1.54, 1.807) is 11.1 Å². The minimum Gasteiger partial charge on any atom is -0.0999 e. The van der Waals surface area contributed by atoms with Crippen LogP contribution in [0.4, 0.5) is 0 Å². The van der Waals surface area contributed by atoms with Crippen LogP contribution in [0.3, 0.4) is 0 Å². The van der Waals surface area contributed by atoms with Gasteiger partial charge in [-0.3, -0.25) is 0 Å². The third-order valence-corrected chi connectivity index (χ3v) is 15.3. The average Bonchev–Trinajstić information content (AvgIpc) is 3.75. The van der Waals surface area contributed by atoms with E-state index in [1.807, 2.05) is 0 Å². The summed E-state index contributed by atoms with van der Waals surface area (Å²) in [6.07, 6.45) is 19.5. The molecule has 1 aromatic carbocycles. The molecule has 0 bridgehead atoms. The molecular formula is C47H66. The van der Waals surface area contributed by atoms with E-state index in [-0.39, 0.29) is 16.2 Å². The van der Waals surface area contributed by atoms with Crippen molar-refractivity contribution in [2.45, 2.75) is 151 Å². The van der Waals surface area contributed by atoms with Crippen molar-refractivity contribution in [3.63, 3.8) is 0 Å². The van der Waals surface area contributed by atoms with Gasteiger partial charge < -0.3 is 0 Å². The van der Waals surface area contributed by atoms with Crippen molar-refractivity contribution in [1.29, 1.82) is 0 Å². The molecule has 0 saturated heterocycles. The van der Waals surface area contributed by atoms with Gasteiger partial charge in [0.25, 0.3) is 0 Å². The molecule has 0 heteroatoms. The zero-order valence-corrected chi connectivity index (χ0v) is 31.5. The predicted molar refractivity (Wildman–Crippen MR) is 205 cm³/mol. The molecule has 5 aliphatic rings. The topological polar surface area (TPSA) is 0 Å². The van der Waals surface area contributed by atoms with Gasteiger partial charge in [0.1, 0.15) is 0 Å². The SMILES string of the molecule is C=C(CC)C[C@@H]1[C@]2(C)C(=C(C)[C@@]3(C)C(=C)C(C(=C)CCC4CCCC4)=C(C)C[C@@]13C)C(=C)c1c(C)cccc1[C@H]2CCC1CCCC1. The highest BCUT2D eigenvalue weighted by Gasteiger charge is 2.66. The minimum atomic E-state index is -0.176. The molecule has 254 valence electrons. The van der Waals surface area contributed by atoms with E-state index in [1.165, 1.54) is 121 Å². The molecule has 0 unspecified atom stereocenters. The largest absolute Gasteiger partial charge is 0.0999 e. The van der Waals surface area contributed by atoms with E-state index >= 15 is 0 Å². The van der Waals surface area contributed by atoms with Gasteiger partial charge >= 0.3 is 0 Å². The maximum atomic E-state index is 5.08. The Hall–Kier alpha value is -2.34.